The molecule has 0 heterocycles. The number of rotatable bonds is 20. The number of carbonyl (C=O) groups is 3. The Balaban J connectivity index is 1.44. The highest BCUT2D eigenvalue weighted by Crippen LogP contribution is 2.27. The normalized spacial score (nSPS) is 11.0. The zero-order valence-electron chi connectivity index (χ0n) is 26.2. The molecule has 0 bridgehead atoms. The lowest BCUT2D eigenvalue weighted by molar-refractivity contribution is -0.126. The van der Waals surface area contributed by atoms with E-state index in [0.717, 1.165) is 30.0 Å². The maximum atomic E-state index is 12.9. The molecule has 0 radical (unpaired) electrons. The van der Waals surface area contributed by atoms with Crippen LogP contribution in [0.25, 0.3) is 10.8 Å². The van der Waals surface area contributed by atoms with Gasteiger partial charge in [0, 0.05) is 12.0 Å². The van der Waals surface area contributed by atoms with E-state index in [4.69, 9.17) is 9.47 Å². The van der Waals surface area contributed by atoms with Gasteiger partial charge in [0.25, 0.3) is 5.91 Å². The summed E-state index contributed by atoms with van der Waals surface area (Å²) in [6.45, 7) is 4.50. The van der Waals surface area contributed by atoms with Crippen LogP contribution in [-0.2, 0) is 9.59 Å². The van der Waals surface area contributed by atoms with Gasteiger partial charge < -0.3 is 14.8 Å². The molecular formula is C36H47N3O5. The van der Waals surface area contributed by atoms with Gasteiger partial charge in [-0.2, -0.15) is 5.10 Å². The number of hydrogen-bond donors (Lipinski definition) is 2. The molecule has 0 fully saturated rings. The lowest BCUT2D eigenvalue weighted by atomic mass is 10.0. The predicted molar refractivity (Wildman–Crippen MR) is 176 cm³/mol. The fourth-order valence-electron chi connectivity index (χ4n) is 4.94. The topological polar surface area (TPSA) is 106 Å². The van der Waals surface area contributed by atoms with Crippen LogP contribution in [0.5, 0.6) is 11.5 Å². The number of hydrazone groups is 1. The monoisotopic (exact) mass is 601 g/mol. The molecule has 0 aliphatic rings. The summed E-state index contributed by atoms with van der Waals surface area (Å²) < 4.78 is 11.2. The van der Waals surface area contributed by atoms with Gasteiger partial charge in [-0.25, -0.2) is 10.2 Å². The molecule has 3 aromatic carbocycles. The number of nitrogens with one attached hydrogen (secondary N) is 2. The van der Waals surface area contributed by atoms with Crippen LogP contribution in [0, 0.1) is 0 Å². The van der Waals surface area contributed by atoms with Gasteiger partial charge in [0.2, 0.25) is 5.91 Å². The fourth-order valence-corrected chi connectivity index (χ4v) is 4.94. The van der Waals surface area contributed by atoms with Gasteiger partial charge in [0.15, 0.2) is 0 Å². The molecule has 0 aromatic heterocycles. The van der Waals surface area contributed by atoms with Crippen LogP contribution in [0.3, 0.4) is 0 Å². The van der Waals surface area contributed by atoms with Crippen LogP contribution in [0.1, 0.15) is 107 Å². The van der Waals surface area contributed by atoms with E-state index in [1.807, 2.05) is 37.3 Å². The second-order valence-electron chi connectivity index (χ2n) is 10.9. The number of esters is 1. The predicted octanol–water partition coefficient (Wildman–Crippen LogP) is 7.73. The number of fused-ring (bicyclic) bond motifs is 1. The third kappa shape index (κ3) is 12.2. The molecule has 2 N–H and O–H groups in total. The van der Waals surface area contributed by atoms with E-state index in [2.05, 4.69) is 22.8 Å². The Morgan fingerprint density at radius 1 is 0.750 bits per heavy atom. The smallest absolute Gasteiger partial charge is 0.343 e. The molecule has 236 valence electrons. The summed E-state index contributed by atoms with van der Waals surface area (Å²) in [5.74, 6) is -0.133. The minimum atomic E-state index is -0.525. The van der Waals surface area contributed by atoms with Crippen LogP contribution in [0.4, 0.5) is 0 Å². The van der Waals surface area contributed by atoms with Crippen molar-refractivity contribution in [2.75, 3.05) is 13.2 Å². The van der Waals surface area contributed by atoms with Crippen molar-refractivity contribution in [3.05, 3.63) is 71.8 Å². The number of carbonyl (C=O) groups excluding carboxylic acids is 3. The van der Waals surface area contributed by atoms with Gasteiger partial charge >= 0.3 is 5.97 Å². The molecule has 3 rings (SSSR count). The summed E-state index contributed by atoms with van der Waals surface area (Å²) in [6, 6.07) is 17.9. The average Bonchev–Trinajstić information content (AvgIpc) is 3.04. The molecule has 0 aliphatic heterocycles. The first-order valence-corrected chi connectivity index (χ1v) is 16.1. The minimum absolute atomic E-state index is 0.141. The summed E-state index contributed by atoms with van der Waals surface area (Å²) in [7, 11) is 0. The van der Waals surface area contributed by atoms with E-state index >= 15 is 0 Å². The molecule has 44 heavy (non-hydrogen) atoms. The first-order valence-electron chi connectivity index (χ1n) is 16.1. The van der Waals surface area contributed by atoms with Gasteiger partial charge in [-0.05, 0) is 54.4 Å². The van der Waals surface area contributed by atoms with Gasteiger partial charge in [-0.1, -0.05) is 101 Å². The lowest BCUT2D eigenvalue weighted by Gasteiger charge is -2.11. The Hall–Kier alpha value is -4.20. The molecule has 0 aliphatic carbocycles. The molecule has 8 heteroatoms. The van der Waals surface area contributed by atoms with E-state index in [9.17, 15) is 14.4 Å². The van der Waals surface area contributed by atoms with E-state index in [1.54, 1.807) is 30.3 Å². The highest BCUT2D eigenvalue weighted by atomic mass is 16.5. The molecule has 2 amide bonds. The maximum Gasteiger partial charge on any atom is 0.343 e. The van der Waals surface area contributed by atoms with Crippen molar-refractivity contribution in [3.63, 3.8) is 0 Å². The van der Waals surface area contributed by atoms with Crippen molar-refractivity contribution in [1.82, 2.24) is 10.7 Å². The van der Waals surface area contributed by atoms with Gasteiger partial charge in [-0.15, -0.1) is 0 Å². The number of amides is 2. The number of unbranched alkanes of at least 4 members (excludes halogenated alkanes) is 10. The third-order valence-corrected chi connectivity index (χ3v) is 7.37. The van der Waals surface area contributed by atoms with Crippen molar-refractivity contribution in [3.8, 4) is 11.5 Å². The summed E-state index contributed by atoms with van der Waals surface area (Å²) in [5.41, 5.74) is 3.38. The van der Waals surface area contributed by atoms with E-state index in [-0.39, 0.29) is 12.5 Å². The second-order valence-corrected chi connectivity index (χ2v) is 10.9. The van der Waals surface area contributed by atoms with Gasteiger partial charge in [-0.3, -0.25) is 9.59 Å². The highest BCUT2D eigenvalue weighted by molar-refractivity contribution is 6.04. The molecular weight excluding hydrogens is 554 g/mol. The first-order chi connectivity index (χ1) is 21.5. The molecule has 0 unspecified atom stereocenters. The Labute approximate surface area is 261 Å². The SMILES string of the molecule is CCCCCCCCCCCCCC(=O)NCC(=O)N/N=C\c1c(OC(=O)c2ccc(OCC)cc2)ccc2ccccc12. The second kappa shape index (κ2) is 19.9. The van der Waals surface area contributed by atoms with Crippen LogP contribution in [0.15, 0.2) is 65.8 Å². The van der Waals surface area contributed by atoms with Crippen molar-refractivity contribution in [2.45, 2.75) is 90.9 Å². The molecule has 3 aromatic rings. The quantitative estimate of drug-likeness (QED) is 0.0453. The van der Waals surface area contributed by atoms with Gasteiger partial charge in [0.05, 0.1) is 24.9 Å². The summed E-state index contributed by atoms with van der Waals surface area (Å²) >= 11 is 0. The number of nitrogens with zero attached hydrogens (tertiary/aromatic N) is 1. The maximum absolute atomic E-state index is 12.9. The van der Waals surface area contributed by atoms with Crippen molar-refractivity contribution in [2.24, 2.45) is 5.10 Å². The number of benzene rings is 3. The van der Waals surface area contributed by atoms with Crippen molar-refractivity contribution >= 4 is 34.8 Å². The van der Waals surface area contributed by atoms with E-state index in [1.165, 1.54) is 57.6 Å². The standard InChI is InChI=1S/C36H47N3O5/c1-3-5-6-7-8-9-10-11-12-13-14-19-34(40)37-27-35(41)39-38-26-32-31-18-16-15-17-28(31)22-25-33(32)44-36(42)29-20-23-30(24-21-29)43-4-2/h15-18,20-26H,3-14,19,27H2,1-2H3,(H,37,40)(H,39,41)/b38-26-. The molecule has 0 saturated heterocycles. The summed E-state index contributed by atoms with van der Waals surface area (Å²) in [4.78, 5) is 37.4. The number of hydrogen-bond acceptors (Lipinski definition) is 6. The molecule has 0 saturated carbocycles. The van der Waals surface area contributed by atoms with E-state index in [0.29, 0.717) is 35.7 Å². The summed E-state index contributed by atoms with van der Waals surface area (Å²) in [6.07, 6.45) is 15.3. The van der Waals surface area contributed by atoms with Crippen molar-refractivity contribution < 1.29 is 23.9 Å². The Morgan fingerprint density at radius 2 is 1.41 bits per heavy atom. The molecule has 0 atom stereocenters. The first kappa shape index (κ1) is 34.3. The fraction of sp³-hybridized carbons (Fsp3) is 0.444. The van der Waals surface area contributed by atoms with Gasteiger partial charge in [0.1, 0.15) is 11.5 Å². The van der Waals surface area contributed by atoms with Crippen LogP contribution in [0.2, 0.25) is 0 Å². The Kier molecular flexibility index (Phi) is 15.5. The zero-order valence-corrected chi connectivity index (χ0v) is 26.2. The van der Waals surface area contributed by atoms with Crippen molar-refractivity contribution in [1.29, 1.82) is 0 Å². The molecule has 0 spiro atoms. The summed E-state index contributed by atoms with van der Waals surface area (Å²) in [5, 5.41) is 8.49. The van der Waals surface area contributed by atoms with Crippen LogP contribution >= 0.6 is 0 Å². The average molecular weight is 602 g/mol. The Bertz CT molecular complexity index is 1350. The van der Waals surface area contributed by atoms with E-state index < -0.39 is 11.9 Å². The highest BCUT2D eigenvalue weighted by Gasteiger charge is 2.14. The molecule has 8 nitrogen and oxygen atoms in total. The Morgan fingerprint density at radius 3 is 2.09 bits per heavy atom. The lowest BCUT2D eigenvalue weighted by Crippen LogP contribution is -2.34. The third-order valence-electron chi connectivity index (χ3n) is 7.37. The number of ether oxygens (including phenoxy) is 2. The largest absolute Gasteiger partial charge is 0.494 e. The minimum Gasteiger partial charge on any atom is -0.494 e. The van der Waals surface area contributed by atoms with Crippen LogP contribution in [-0.4, -0.2) is 37.1 Å². The zero-order chi connectivity index (χ0) is 31.4. The van der Waals surface area contributed by atoms with Crippen LogP contribution < -0.4 is 20.2 Å².